The Bertz CT molecular complexity index is 807. The summed E-state index contributed by atoms with van der Waals surface area (Å²) in [6.07, 6.45) is 3.09. The highest BCUT2D eigenvalue weighted by atomic mass is 35.5. The lowest BCUT2D eigenvalue weighted by Crippen LogP contribution is -2.21. The molecule has 1 N–H and O–H groups in total. The molecular weight excluding hydrogens is 333 g/mol. The molecule has 1 amide bonds. The van der Waals surface area contributed by atoms with Crippen LogP contribution >= 0.6 is 11.6 Å². The largest absolute Gasteiger partial charge is 0.452 e. The summed E-state index contributed by atoms with van der Waals surface area (Å²) < 4.78 is 18.1. The van der Waals surface area contributed by atoms with Gasteiger partial charge in [0.25, 0.3) is 5.91 Å². The minimum Gasteiger partial charge on any atom is -0.452 e. The molecule has 1 aliphatic carbocycles. The van der Waals surface area contributed by atoms with Crippen LogP contribution in [0.4, 0.5) is 10.1 Å². The van der Waals surface area contributed by atoms with Gasteiger partial charge in [0.1, 0.15) is 5.82 Å². The maximum atomic E-state index is 13.1. The maximum Gasteiger partial charge on any atom is 0.338 e. The molecule has 124 valence electrons. The first kappa shape index (κ1) is 16.5. The first-order valence-corrected chi connectivity index (χ1v) is 7.94. The van der Waals surface area contributed by atoms with Crippen molar-refractivity contribution in [1.82, 2.24) is 0 Å². The summed E-state index contributed by atoms with van der Waals surface area (Å²) in [7, 11) is 0. The summed E-state index contributed by atoms with van der Waals surface area (Å²) in [4.78, 5) is 23.8. The summed E-state index contributed by atoms with van der Waals surface area (Å²) in [6.45, 7) is -0.426. The summed E-state index contributed by atoms with van der Waals surface area (Å²) >= 11 is 5.64. The average molecular weight is 348 g/mol. The van der Waals surface area contributed by atoms with E-state index in [1.165, 1.54) is 17.7 Å². The molecule has 0 saturated carbocycles. The van der Waals surface area contributed by atoms with Crippen LogP contribution in [0.2, 0.25) is 5.02 Å². The van der Waals surface area contributed by atoms with Crippen LogP contribution in [0.25, 0.3) is 0 Å². The number of halogens is 2. The summed E-state index contributed by atoms with van der Waals surface area (Å²) in [5.41, 5.74) is 3.19. The van der Waals surface area contributed by atoms with Gasteiger partial charge in [-0.1, -0.05) is 17.7 Å². The molecule has 4 nitrogen and oxygen atoms in total. The number of amides is 1. The molecule has 1 aliphatic rings. The highest BCUT2D eigenvalue weighted by Gasteiger charge is 2.16. The third-order valence-electron chi connectivity index (χ3n) is 3.87. The second kappa shape index (κ2) is 7.01. The van der Waals surface area contributed by atoms with E-state index in [4.69, 9.17) is 16.3 Å². The predicted octanol–water partition coefficient (Wildman–Crippen LogP) is 3.76. The molecule has 0 fully saturated rings. The SMILES string of the molecule is O=C(COC(=O)c1ccc2c(c1)CCC2)Nc1ccc(F)c(Cl)c1. The van der Waals surface area contributed by atoms with E-state index in [-0.39, 0.29) is 5.02 Å². The zero-order chi connectivity index (χ0) is 17.1. The minimum atomic E-state index is -0.572. The Morgan fingerprint density at radius 3 is 2.71 bits per heavy atom. The van der Waals surface area contributed by atoms with E-state index < -0.39 is 24.3 Å². The molecule has 3 rings (SSSR count). The maximum absolute atomic E-state index is 13.1. The highest BCUT2D eigenvalue weighted by molar-refractivity contribution is 6.31. The Kier molecular flexibility index (Phi) is 4.81. The van der Waals surface area contributed by atoms with Crippen LogP contribution in [0.15, 0.2) is 36.4 Å². The first-order chi connectivity index (χ1) is 11.5. The number of esters is 1. The zero-order valence-corrected chi connectivity index (χ0v) is 13.5. The van der Waals surface area contributed by atoms with Crippen LogP contribution in [-0.2, 0) is 22.4 Å². The molecule has 0 unspecified atom stereocenters. The monoisotopic (exact) mass is 347 g/mol. The van der Waals surface area contributed by atoms with Crippen LogP contribution in [0.5, 0.6) is 0 Å². The van der Waals surface area contributed by atoms with Crippen molar-refractivity contribution in [3.63, 3.8) is 0 Å². The lowest BCUT2D eigenvalue weighted by molar-refractivity contribution is -0.119. The van der Waals surface area contributed by atoms with Gasteiger partial charge in [0.05, 0.1) is 10.6 Å². The van der Waals surface area contributed by atoms with Gasteiger partial charge in [-0.25, -0.2) is 9.18 Å². The van der Waals surface area contributed by atoms with E-state index >= 15 is 0 Å². The number of rotatable bonds is 4. The molecule has 0 radical (unpaired) electrons. The van der Waals surface area contributed by atoms with E-state index in [9.17, 15) is 14.0 Å². The smallest absolute Gasteiger partial charge is 0.338 e. The number of benzene rings is 2. The Morgan fingerprint density at radius 2 is 1.92 bits per heavy atom. The average Bonchev–Trinajstić information content (AvgIpc) is 3.03. The van der Waals surface area contributed by atoms with Gasteiger partial charge in [-0.3, -0.25) is 4.79 Å². The van der Waals surface area contributed by atoms with Crippen molar-refractivity contribution in [2.24, 2.45) is 0 Å². The fraction of sp³-hybridized carbons (Fsp3) is 0.222. The molecule has 0 saturated heterocycles. The quantitative estimate of drug-likeness (QED) is 0.857. The van der Waals surface area contributed by atoms with Gasteiger partial charge in [-0.05, 0) is 60.7 Å². The number of carbonyl (C=O) groups excluding carboxylic acids is 2. The van der Waals surface area contributed by atoms with Crippen molar-refractivity contribution < 1.29 is 18.7 Å². The van der Waals surface area contributed by atoms with E-state index in [2.05, 4.69) is 5.32 Å². The molecule has 0 spiro atoms. The number of nitrogens with one attached hydrogen (secondary N) is 1. The van der Waals surface area contributed by atoms with Crippen LogP contribution in [0, 0.1) is 5.82 Å². The molecule has 0 heterocycles. The molecule has 6 heteroatoms. The number of fused-ring (bicyclic) bond motifs is 1. The molecule has 24 heavy (non-hydrogen) atoms. The third-order valence-corrected chi connectivity index (χ3v) is 4.16. The molecule has 0 aliphatic heterocycles. The normalized spacial score (nSPS) is 12.6. The van der Waals surface area contributed by atoms with E-state index in [0.29, 0.717) is 11.3 Å². The van der Waals surface area contributed by atoms with Gasteiger partial charge in [0.15, 0.2) is 6.61 Å². The number of hydrogen-bond donors (Lipinski definition) is 1. The Hall–Kier alpha value is -2.40. The van der Waals surface area contributed by atoms with Crippen LogP contribution in [0.1, 0.15) is 27.9 Å². The van der Waals surface area contributed by atoms with Gasteiger partial charge >= 0.3 is 5.97 Å². The van der Waals surface area contributed by atoms with Crippen molar-refractivity contribution >= 4 is 29.2 Å². The third kappa shape index (κ3) is 3.74. The number of hydrogen-bond acceptors (Lipinski definition) is 3. The Balaban J connectivity index is 1.55. The van der Waals surface area contributed by atoms with Gasteiger partial charge in [0, 0.05) is 5.69 Å². The number of carbonyl (C=O) groups is 2. The second-order valence-corrected chi connectivity index (χ2v) is 6.00. The number of anilines is 1. The fourth-order valence-corrected chi connectivity index (χ4v) is 2.86. The van der Waals surface area contributed by atoms with Gasteiger partial charge in [-0.2, -0.15) is 0 Å². The molecule has 0 atom stereocenters. The summed E-state index contributed by atoms with van der Waals surface area (Å²) in [5.74, 6) is -1.64. The topological polar surface area (TPSA) is 55.4 Å². The molecule has 0 aromatic heterocycles. The molecule has 0 bridgehead atoms. The van der Waals surface area contributed by atoms with E-state index in [0.717, 1.165) is 30.9 Å². The van der Waals surface area contributed by atoms with Crippen molar-refractivity contribution in [1.29, 1.82) is 0 Å². The van der Waals surface area contributed by atoms with E-state index in [1.54, 1.807) is 6.07 Å². The van der Waals surface area contributed by atoms with Crippen molar-refractivity contribution in [3.8, 4) is 0 Å². The fourth-order valence-electron chi connectivity index (χ4n) is 2.68. The van der Waals surface area contributed by atoms with Gasteiger partial charge in [-0.15, -0.1) is 0 Å². The lowest BCUT2D eigenvalue weighted by Gasteiger charge is -2.08. The molecule has 2 aromatic carbocycles. The van der Waals surface area contributed by atoms with Crippen molar-refractivity contribution in [2.45, 2.75) is 19.3 Å². The van der Waals surface area contributed by atoms with Crippen LogP contribution in [-0.4, -0.2) is 18.5 Å². The van der Waals surface area contributed by atoms with Crippen LogP contribution < -0.4 is 5.32 Å². The minimum absolute atomic E-state index is 0.0945. The summed E-state index contributed by atoms with van der Waals surface area (Å²) in [6, 6.07) is 9.28. The standard InChI is InChI=1S/C18H15ClFNO3/c19-15-9-14(6-7-16(15)20)21-17(22)10-24-18(23)13-5-4-11-2-1-3-12(11)8-13/h4-9H,1-3,10H2,(H,21,22). The summed E-state index contributed by atoms with van der Waals surface area (Å²) in [5, 5.41) is 2.40. The predicted molar refractivity (Wildman–Crippen MR) is 88.8 cm³/mol. The molecular formula is C18H15ClFNO3. The van der Waals surface area contributed by atoms with Gasteiger partial charge in [0.2, 0.25) is 0 Å². The number of aryl methyl sites for hydroxylation is 2. The van der Waals surface area contributed by atoms with Crippen molar-refractivity contribution in [3.05, 3.63) is 63.9 Å². The van der Waals surface area contributed by atoms with Gasteiger partial charge < -0.3 is 10.1 Å². The van der Waals surface area contributed by atoms with Crippen LogP contribution in [0.3, 0.4) is 0 Å². The van der Waals surface area contributed by atoms with Crippen molar-refractivity contribution in [2.75, 3.05) is 11.9 Å². The second-order valence-electron chi connectivity index (χ2n) is 5.59. The molecule has 2 aromatic rings. The number of ether oxygens (including phenoxy) is 1. The highest BCUT2D eigenvalue weighted by Crippen LogP contribution is 2.23. The van der Waals surface area contributed by atoms with E-state index in [1.807, 2.05) is 12.1 Å². The zero-order valence-electron chi connectivity index (χ0n) is 12.8. The Labute approximate surface area is 143 Å². The lowest BCUT2D eigenvalue weighted by atomic mass is 10.1. The Morgan fingerprint density at radius 1 is 1.12 bits per heavy atom. The first-order valence-electron chi connectivity index (χ1n) is 7.57.